The van der Waals surface area contributed by atoms with Crippen LogP contribution < -0.4 is 5.32 Å². The first-order valence-corrected chi connectivity index (χ1v) is 8.30. The molecule has 0 bridgehead atoms. The lowest BCUT2D eigenvalue weighted by molar-refractivity contribution is -0.115. The van der Waals surface area contributed by atoms with Gasteiger partial charge in [0.05, 0.1) is 17.8 Å². The van der Waals surface area contributed by atoms with Crippen molar-refractivity contribution in [1.29, 1.82) is 0 Å². The van der Waals surface area contributed by atoms with E-state index in [1.54, 1.807) is 29.0 Å². The van der Waals surface area contributed by atoms with E-state index in [1.807, 2.05) is 30.3 Å². The van der Waals surface area contributed by atoms with E-state index in [1.165, 1.54) is 0 Å². The summed E-state index contributed by atoms with van der Waals surface area (Å²) in [7, 11) is 0. The minimum atomic E-state index is -0.142. The lowest BCUT2D eigenvalue weighted by Gasteiger charge is -2.10. The molecule has 122 valence electrons. The molecule has 1 heterocycles. The van der Waals surface area contributed by atoms with Crippen molar-refractivity contribution in [3.8, 4) is 5.69 Å². The number of hydrogen-bond acceptors (Lipinski definition) is 2. The fourth-order valence-corrected chi connectivity index (χ4v) is 3.17. The molecule has 0 aliphatic heterocycles. The van der Waals surface area contributed by atoms with Crippen molar-refractivity contribution in [2.24, 2.45) is 0 Å². The first kappa shape index (κ1) is 16.8. The number of H-pyrrole nitrogens is 1. The fraction of sp³-hybridized carbons (Fsp3) is 0.0588. The minimum absolute atomic E-state index is 0.142. The summed E-state index contributed by atoms with van der Waals surface area (Å²) in [6.45, 7) is 0. The standard InChI is InChI=1S/C17H13Cl2N3OS/c18-11-6-12(19)8-14(7-11)22-15(10-20-17(22)24)9-16(23)21-13-4-2-1-3-5-13/h1-8,10H,9H2,(H,20,24)(H,21,23). The average molecular weight is 378 g/mol. The Kier molecular flexibility index (Phi) is 5.04. The predicted molar refractivity (Wildman–Crippen MR) is 99.7 cm³/mol. The summed E-state index contributed by atoms with van der Waals surface area (Å²) in [6.07, 6.45) is 1.87. The quantitative estimate of drug-likeness (QED) is 0.626. The molecule has 24 heavy (non-hydrogen) atoms. The first-order valence-electron chi connectivity index (χ1n) is 7.13. The number of carbonyl (C=O) groups excluding carboxylic acids is 1. The maximum atomic E-state index is 12.3. The van der Waals surface area contributed by atoms with Gasteiger partial charge in [-0.3, -0.25) is 9.36 Å². The third-order valence-electron chi connectivity index (χ3n) is 3.36. The van der Waals surface area contributed by atoms with E-state index < -0.39 is 0 Å². The fourth-order valence-electron chi connectivity index (χ4n) is 2.38. The number of nitrogens with one attached hydrogen (secondary N) is 2. The molecule has 0 atom stereocenters. The monoisotopic (exact) mass is 377 g/mol. The van der Waals surface area contributed by atoms with Crippen LogP contribution in [0.1, 0.15) is 5.69 Å². The zero-order chi connectivity index (χ0) is 17.1. The molecule has 0 saturated carbocycles. The van der Waals surface area contributed by atoms with Gasteiger partial charge < -0.3 is 10.3 Å². The number of para-hydroxylation sites is 1. The molecule has 7 heteroatoms. The zero-order valence-corrected chi connectivity index (χ0v) is 14.8. The van der Waals surface area contributed by atoms with E-state index in [2.05, 4.69) is 10.3 Å². The van der Waals surface area contributed by atoms with Crippen LogP contribution in [0.5, 0.6) is 0 Å². The van der Waals surface area contributed by atoms with Crippen molar-refractivity contribution in [3.63, 3.8) is 0 Å². The number of aromatic amines is 1. The molecule has 1 aromatic heterocycles. The van der Waals surface area contributed by atoms with Gasteiger partial charge in [0.1, 0.15) is 0 Å². The summed E-state index contributed by atoms with van der Waals surface area (Å²) in [4.78, 5) is 15.2. The van der Waals surface area contributed by atoms with Crippen molar-refractivity contribution in [1.82, 2.24) is 9.55 Å². The summed E-state index contributed by atoms with van der Waals surface area (Å²) in [5, 5.41) is 3.85. The average Bonchev–Trinajstić information content (AvgIpc) is 2.87. The summed E-state index contributed by atoms with van der Waals surface area (Å²) in [6, 6.07) is 14.4. The number of imidazole rings is 1. The van der Waals surface area contributed by atoms with Gasteiger partial charge in [0.2, 0.25) is 5.91 Å². The third kappa shape index (κ3) is 3.87. The summed E-state index contributed by atoms with van der Waals surface area (Å²) < 4.78 is 2.22. The van der Waals surface area contributed by atoms with E-state index >= 15 is 0 Å². The van der Waals surface area contributed by atoms with Gasteiger partial charge in [-0.15, -0.1) is 0 Å². The van der Waals surface area contributed by atoms with Crippen molar-refractivity contribution >= 4 is 47.0 Å². The highest BCUT2D eigenvalue weighted by atomic mass is 35.5. The smallest absolute Gasteiger partial charge is 0.230 e. The highest BCUT2D eigenvalue weighted by Gasteiger charge is 2.12. The number of benzene rings is 2. The predicted octanol–water partition coefficient (Wildman–Crippen LogP) is 5.02. The van der Waals surface area contributed by atoms with Gasteiger partial charge >= 0.3 is 0 Å². The normalized spacial score (nSPS) is 10.6. The van der Waals surface area contributed by atoms with Crippen LogP contribution in [-0.4, -0.2) is 15.5 Å². The largest absolute Gasteiger partial charge is 0.337 e. The van der Waals surface area contributed by atoms with Crippen molar-refractivity contribution in [2.75, 3.05) is 5.32 Å². The molecular weight excluding hydrogens is 365 g/mol. The Morgan fingerprint density at radius 3 is 2.46 bits per heavy atom. The number of aromatic nitrogens is 2. The summed E-state index contributed by atoms with van der Waals surface area (Å²) >= 11 is 17.4. The maximum Gasteiger partial charge on any atom is 0.230 e. The van der Waals surface area contributed by atoms with Crippen LogP contribution in [-0.2, 0) is 11.2 Å². The van der Waals surface area contributed by atoms with Crippen molar-refractivity contribution < 1.29 is 4.79 Å². The molecule has 0 fully saturated rings. The van der Waals surface area contributed by atoms with Crippen LogP contribution in [0, 0.1) is 4.77 Å². The molecule has 3 aromatic rings. The van der Waals surface area contributed by atoms with Crippen LogP contribution in [0.15, 0.2) is 54.7 Å². The molecule has 2 aromatic carbocycles. The van der Waals surface area contributed by atoms with Gasteiger partial charge in [-0.1, -0.05) is 41.4 Å². The molecule has 1 amide bonds. The zero-order valence-electron chi connectivity index (χ0n) is 12.4. The van der Waals surface area contributed by atoms with Crippen LogP contribution in [0.25, 0.3) is 5.69 Å². The molecule has 0 aliphatic rings. The van der Waals surface area contributed by atoms with E-state index in [0.717, 1.165) is 5.69 Å². The molecule has 0 spiro atoms. The molecule has 4 nitrogen and oxygen atoms in total. The van der Waals surface area contributed by atoms with Crippen LogP contribution in [0.3, 0.4) is 0 Å². The number of anilines is 1. The van der Waals surface area contributed by atoms with E-state index in [9.17, 15) is 4.79 Å². The molecule has 0 aliphatic carbocycles. The molecule has 0 radical (unpaired) electrons. The molecule has 3 rings (SSSR count). The Morgan fingerprint density at radius 2 is 1.79 bits per heavy atom. The Morgan fingerprint density at radius 1 is 1.12 bits per heavy atom. The van der Waals surface area contributed by atoms with E-state index in [4.69, 9.17) is 35.4 Å². The summed E-state index contributed by atoms with van der Waals surface area (Å²) in [5.74, 6) is -0.142. The molecule has 2 N–H and O–H groups in total. The lowest BCUT2D eigenvalue weighted by atomic mass is 10.2. The minimum Gasteiger partial charge on any atom is -0.337 e. The number of nitrogens with zero attached hydrogens (tertiary/aromatic N) is 1. The van der Waals surface area contributed by atoms with Crippen LogP contribution in [0.2, 0.25) is 10.0 Å². The molecule has 0 saturated heterocycles. The van der Waals surface area contributed by atoms with E-state index in [0.29, 0.717) is 26.2 Å². The second-order valence-electron chi connectivity index (χ2n) is 5.14. The highest BCUT2D eigenvalue weighted by Crippen LogP contribution is 2.23. The van der Waals surface area contributed by atoms with Crippen molar-refractivity contribution in [2.45, 2.75) is 6.42 Å². The molecule has 0 unspecified atom stereocenters. The molecular formula is C17H13Cl2N3OS. The second kappa shape index (κ2) is 7.21. The SMILES string of the molecule is O=C(Cc1c[nH]c(=S)n1-c1cc(Cl)cc(Cl)c1)Nc1ccccc1. The first-order chi connectivity index (χ1) is 11.5. The number of rotatable bonds is 4. The van der Waals surface area contributed by atoms with Crippen LogP contribution >= 0.6 is 35.4 Å². The van der Waals surface area contributed by atoms with Gasteiger partial charge in [0.25, 0.3) is 0 Å². The number of hydrogen-bond donors (Lipinski definition) is 2. The second-order valence-corrected chi connectivity index (χ2v) is 6.40. The van der Waals surface area contributed by atoms with Crippen molar-refractivity contribution in [3.05, 3.63) is 75.2 Å². The Balaban J connectivity index is 1.87. The van der Waals surface area contributed by atoms with Crippen LogP contribution in [0.4, 0.5) is 5.69 Å². The topological polar surface area (TPSA) is 49.8 Å². The lowest BCUT2D eigenvalue weighted by Crippen LogP contribution is -2.16. The van der Waals surface area contributed by atoms with Gasteiger partial charge in [-0.05, 0) is 42.5 Å². The van der Waals surface area contributed by atoms with Gasteiger partial charge in [0, 0.05) is 21.9 Å². The number of amides is 1. The van der Waals surface area contributed by atoms with Gasteiger partial charge in [-0.25, -0.2) is 0 Å². The number of halogens is 2. The maximum absolute atomic E-state index is 12.3. The Labute approximate surface area is 154 Å². The summed E-state index contributed by atoms with van der Waals surface area (Å²) in [5.41, 5.74) is 2.17. The van der Waals surface area contributed by atoms with Gasteiger partial charge in [-0.2, -0.15) is 0 Å². The Bertz CT molecular complexity index is 914. The Hall–Kier alpha value is -2.08. The van der Waals surface area contributed by atoms with E-state index in [-0.39, 0.29) is 12.3 Å². The third-order valence-corrected chi connectivity index (χ3v) is 4.09. The number of carbonyl (C=O) groups is 1. The highest BCUT2D eigenvalue weighted by molar-refractivity contribution is 7.71. The van der Waals surface area contributed by atoms with Gasteiger partial charge in [0.15, 0.2) is 4.77 Å².